The van der Waals surface area contributed by atoms with Crippen molar-refractivity contribution in [2.24, 2.45) is 27.9 Å². The van der Waals surface area contributed by atoms with E-state index < -0.39 is 284 Å². The smallest absolute Gasteiger partial charge is 0.335 e. The van der Waals surface area contributed by atoms with Gasteiger partial charge in [0.25, 0.3) is 0 Å². The van der Waals surface area contributed by atoms with Crippen LogP contribution in [0.1, 0.15) is 306 Å². The Morgan fingerprint density at radius 3 is 1.35 bits per heavy atom. The fourth-order valence-electron chi connectivity index (χ4n) is 21.9. The molecule has 3 amide bonds. The number of carboxylic acid groups (broad SMARTS) is 3. The number of unbranched alkanes of at least 4 members (excludes halogenated alkanes) is 3. The molecule has 0 aromatic carbocycles. The number of aliphatic hydroxyl groups is 9. The molecule has 5 aliphatic heterocycles. The summed E-state index contributed by atoms with van der Waals surface area (Å²) in [4.78, 5) is 112. The number of thioether (sulfide) groups is 1. The Labute approximate surface area is 832 Å². The van der Waals surface area contributed by atoms with Crippen molar-refractivity contribution in [3.05, 3.63) is 12.2 Å². The second kappa shape index (κ2) is 58.2. The van der Waals surface area contributed by atoms with Gasteiger partial charge in [0.2, 0.25) is 17.7 Å². The van der Waals surface area contributed by atoms with Crippen molar-refractivity contribution < 1.29 is 166 Å². The van der Waals surface area contributed by atoms with Crippen LogP contribution in [0.25, 0.3) is 0 Å². The Morgan fingerprint density at radius 1 is 0.482 bits per heavy atom. The number of rotatable bonds is 64. The van der Waals surface area contributed by atoms with Crippen molar-refractivity contribution in [2.75, 3.05) is 37.1 Å². The van der Waals surface area contributed by atoms with Gasteiger partial charge in [-0.3, -0.25) is 19.2 Å². The van der Waals surface area contributed by atoms with E-state index in [9.17, 15) is 99.6 Å². The predicted octanol–water partition coefficient (Wildman–Crippen LogP) is 7.94. The van der Waals surface area contributed by atoms with E-state index in [4.69, 9.17) is 72.0 Å². The fraction of sp³-hybridized carbons (Fsp3) is 0.899. The summed E-state index contributed by atoms with van der Waals surface area (Å²) in [6, 6.07) is -5.09. The van der Waals surface area contributed by atoms with E-state index in [1.165, 1.54) is 32.5 Å². The molecule has 0 saturated carbocycles. The van der Waals surface area contributed by atoms with Gasteiger partial charge in [-0.25, -0.2) is 19.2 Å². The average molecular weight is 2030 g/mol. The molecule has 0 aromatic heterocycles. The van der Waals surface area contributed by atoms with Gasteiger partial charge in [-0.1, -0.05) is 181 Å². The van der Waals surface area contributed by atoms with Crippen LogP contribution in [0.2, 0.25) is 0 Å². The van der Waals surface area contributed by atoms with E-state index in [-0.39, 0.29) is 101 Å². The summed E-state index contributed by atoms with van der Waals surface area (Å²) in [5, 5.41) is 158. The maximum atomic E-state index is 14.8. The molecule has 22 unspecified atom stereocenters. The second-order valence-electron chi connectivity index (χ2n) is 39.9. The minimum atomic E-state index is -2.37. The first kappa shape index (κ1) is 125. The lowest BCUT2D eigenvalue weighted by atomic mass is 9.57. The summed E-state index contributed by atoms with van der Waals surface area (Å²) < 4.78 is 93.7. The number of carbonyl (C=O) groups excluding carboxylic acids is 5. The van der Waals surface area contributed by atoms with Crippen LogP contribution in [-0.4, -0.2) is 346 Å². The largest absolute Gasteiger partial charge is 0.479 e. The van der Waals surface area contributed by atoms with Crippen molar-refractivity contribution in [3.63, 3.8) is 0 Å². The van der Waals surface area contributed by atoms with Crippen molar-refractivity contribution in [1.29, 1.82) is 0 Å². The molecule has 0 bridgehead atoms. The highest BCUT2D eigenvalue weighted by Crippen LogP contribution is 2.59. The molecule has 0 spiro atoms. The van der Waals surface area contributed by atoms with E-state index in [2.05, 4.69) is 35.2 Å². The normalized spacial score (nSPS) is 32.1. The van der Waals surface area contributed by atoms with Crippen molar-refractivity contribution >= 4 is 72.0 Å². The van der Waals surface area contributed by atoms with Crippen LogP contribution >= 0.6 is 24.4 Å². The number of hydrogen-bond donors (Lipinski definition) is 17. The first-order chi connectivity index (χ1) is 65.5. The molecule has 36 atom stereocenters. The summed E-state index contributed by atoms with van der Waals surface area (Å²) in [5.74, 6) is -8.49. The van der Waals surface area contributed by atoms with E-state index in [0.29, 0.717) is 69.3 Å². The molecule has 5 fully saturated rings. The number of aliphatic hydroxyl groups excluding tert-OH is 9. The van der Waals surface area contributed by atoms with Crippen LogP contribution in [-0.2, 0) is 105 Å². The SMILES string of the molecule is C=C(C)C(=O)OCC1O[C@@H](O[C@H]2C(C(=O)O)O[C@@H](C(CCC)(CCCC)C(CC)(CCC)OC3C(NC(C)=O)[C@H](O[C@H]4C(C(=O)O)O[C@@H](C(C)(CC)CCCC)C(O)C4O)OC(COC(=O)C(C)CSCC(N)CCS)[C@H]3O)[C@@H](O)C2O)C(NC(C)=O)C(OC(CCC)(CCCC)C(CC)(CCC)[C@@H]2OC(C(=O)O)[C@H](O[C@H](OC(C)CO)C(NC(C)=O)[C@@H](C)OC(C)(CCC)CCC)C(O)[C@@H]2O)[C@@H]1O. The lowest BCUT2D eigenvalue weighted by molar-refractivity contribution is -0.359. The summed E-state index contributed by atoms with van der Waals surface area (Å²) in [6.07, 6.45) is -41.8. The monoisotopic (exact) mass is 2030 g/mol. The third-order valence-electron chi connectivity index (χ3n) is 29.0. The molecule has 808 valence electrons. The molecule has 17 N–H and O–H groups in total. The van der Waals surface area contributed by atoms with Crippen LogP contribution in [0.4, 0.5) is 0 Å². The highest BCUT2D eigenvalue weighted by molar-refractivity contribution is 7.99. The van der Waals surface area contributed by atoms with Crippen LogP contribution in [0.15, 0.2) is 12.2 Å². The van der Waals surface area contributed by atoms with E-state index in [1.807, 2.05) is 76.2 Å². The van der Waals surface area contributed by atoms with E-state index >= 15 is 0 Å². The van der Waals surface area contributed by atoms with Gasteiger partial charge < -0.3 is 149 Å². The van der Waals surface area contributed by atoms with Gasteiger partial charge in [0, 0.05) is 54.7 Å². The summed E-state index contributed by atoms with van der Waals surface area (Å²) in [5.41, 5.74) is -2.52. The minimum absolute atomic E-state index is 0.00131. The number of carbonyl (C=O) groups is 8. The summed E-state index contributed by atoms with van der Waals surface area (Å²) >= 11 is 5.70. The minimum Gasteiger partial charge on any atom is -0.479 e. The average Bonchev–Trinajstić information content (AvgIpc) is 0.721. The number of nitrogens with two attached hydrogens (primary N) is 1. The van der Waals surface area contributed by atoms with Gasteiger partial charge in [-0.2, -0.15) is 24.4 Å². The van der Waals surface area contributed by atoms with Crippen LogP contribution in [0.3, 0.4) is 0 Å². The van der Waals surface area contributed by atoms with Gasteiger partial charge in [0.15, 0.2) is 37.2 Å². The maximum Gasteiger partial charge on any atom is 0.335 e. The maximum absolute atomic E-state index is 14.8. The lowest BCUT2D eigenvalue weighted by Gasteiger charge is -2.60. The Morgan fingerprint density at radius 2 is 0.914 bits per heavy atom. The molecule has 5 aliphatic rings. The number of thiol groups is 1. The molecule has 38 nitrogen and oxygen atoms in total. The van der Waals surface area contributed by atoms with Crippen LogP contribution in [0.5, 0.6) is 0 Å². The third kappa shape index (κ3) is 31.2. The highest BCUT2D eigenvalue weighted by Gasteiger charge is 2.69. The van der Waals surface area contributed by atoms with Gasteiger partial charge in [-0.05, 0) is 122 Å². The van der Waals surface area contributed by atoms with Crippen molar-refractivity contribution in [3.8, 4) is 0 Å². The quantitative estimate of drug-likeness (QED) is 0.0119. The van der Waals surface area contributed by atoms with E-state index in [1.54, 1.807) is 34.6 Å². The molecule has 5 heterocycles. The standard InChI is InChI=1S/C99H176N4O34S2/c1-23-35-45-94(21,32-10)83-72(113)69(110)77(80(129-83)86(116)117)133-92-65(102-59(19)106)75(67(108)63(128-92)51-125-90(123)55(15)52-139-53-61(100)38-48-138)136-98(34-12,43-30-8)97(42-29-7,46-36-24-2)85-74(115)71(112)79(82(131-85)88(120)121)134-93-66(103-60(20)107)76(68(109)62(127-93)50-124-89(122)54(13)14)137-99(44-31-9,47-37-25-3)96(33-11,41-28-6)84-73(114)70(111)78(81(130-84)87(118)119)132-91(126-56(16)49-104)64(101-58(18)105)57(17)135-95(22,39-26-4)40-27-5/h55-57,61-85,91-93,104,108-115,138H,13,23-53,100H2,1-12,14-22H3,(H,101,105)(H,102,106)(H,103,107)(H,116,117)(H,118,119)(H,120,121)/t55?,56?,57-,61?,62?,63?,64?,65?,66?,67-,68-,69?,70?,71?,72?,73+,74+,75?,76?,77-,78-,79-,80?,81?,82?,83-,84-,85-,91+,92+,93+,94?,96?,97?,98?,99?/m1/s1. The molecular formula is C99H176N4O34S2. The number of ether oxygens (including phenoxy) is 14. The van der Waals surface area contributed by atoms with Crippen molar-refractivity contribution in [1.82, 2.24) is 16.0 Å². The zero-order valence-electron chi connectivity index (χ0n) is 86.3. The van der Waals surface area contributed by atoms with Gasteiger partial charge in [-0.15, -0.1) is 0 Å². The fourth-order valence-corrected chi connectivity index (χ4v) is 23.3. The Balaban J connectivity index is 1.79. The molecule has 0 radical (unpaired) electrons. The first-order valence-corrected chi connectivity index (χ1v) is 52.7. The molecule has 5 rings (SSSR count). The Hall–Kier alpha value is -4.68. The number of aliphatic carboxylic acids is 3. The number of carboxylic acids is 3. The zero-order chi connectivity index (χ0) is 105. The Kier molecular flexibility index (Phi) is 52.2. The molecule has 5 saturated heterocycles. The third-order valence-corrected chi connectivity index (χ3v) is 30.7. The van der Waals surface area contributed by atoms with Gasteiger partial charge >= 0.3 is 29.8 Å². The van der Waals surface area contributed by atoms with Crippen molar-refractivity contribution in [2.45, 2.75) is 506 Å². The molecule has 139 heavy (non-hydrogen) atoms. The highest BCUT2D eigenvalue weighted by atomic mass is 32.2. The molecule has 0 aromatic rings. The molecule has 0 aliphatic carbocycles. The topological polar surface area (TPSA) is 571 Å². The zero-order valence-corrected chi connectivity index (χ0v) is 88.0. The Bertz CT molecular complexity index is 3750. The van der Waals surface area contributed by atoms with Crippen LogP contribution < -0.4 is 21.7 Å². The second-order valence-corrected chi connectivity index (χ2v) is 41.4. The number of nitrogens with one attached hydrogen (secondary N) is 3. The number of esters is 2. The molecule has 40 heteroatoms. The first-order valence-electron chi connectivity index (χ1n) is 50.9. The van der Waals surface area contributed by atoms with Crippen LogP contribution in [0, 0.1) is 22.2 Å². The predicted molar refractivity (Wildman–Crippen MR) is 519 cm³/mol. The number of amides is 3. The number of hydrogen-bond acceptors (Lipinski definition) is 34. The van der Waals surface area contributed by atoms with E-state index in [0.717, 1.165) is 33.1 Å². The lowest BCUT2D eigenvalue weighted by Crippen LogP contribution is -2.74. The molecular weight excluding hydrogens is 1850 g/mol. The van der Waals surface area contributed by atoms with Gasteiger partial charge in [0.05, 0.1) is 59.8 Å². The summed E-state index contributed by atoms with van der Waals surface area (Å²) in [7, 11) is 0. The van der Waals surface area contributed by atoms with Gasteiger partial charge in [0.1, 0.15) is 123 Å². The summed E-state index contributed by atoms with van der Waals surface area (Å²) in [6.45, 7) is 37.2.